The van der Waals surface area contributed by atoms with Crippen LogP contribution in [0.4, 0.5) is 0 Å². The van der Waals surface area contributed by atoms with Crippen LogP contribution in [0.1, 0.15) is 58.4 Å². The Hall–Kier alpha value is -2.44. The highest BCUT2D eigenvalue weighted by atomic mass is 16.5. The lowest BCUT2D eigenvalue weighted by Crippen LogP contribution is -2.47. The SMILES string of the molecule is CCOc1ccc(CN2CCN(CC(=O)c3[nH]c(C)c(C(C)=O)c3CC)CC2)cc1. The summed E-state index contributed by atoms with van der Waals surface area (Å²) >= 11 is 0. The number of benzene rings is 1. The molecule has 0 bridgehead atoms. The molecule has 1 aliphatic rings. The number of ketones is 2. The minimum absolute atomic E-state index is 0.0163. The van der Waals surface area contributed by atoms with E-state index in [9.17, 15) is 9.59 Å². The molecular weight excluding hydrogens is 378 g/mol. The molecule has 0 atom stereocenters. The van der Waals surface area contributed by atoms with Gasteiger partial charge in [-0.1, -0.05) is 19.1 Å². The predicted molar refractivity (Wildman–Crippen MR) is 119 cm³/mol. The van der Waals surface area contributed by atoms with Gasteiger partial charge in [0.1, 0.15) is 5.75 Å². The van der Waals surface area contributed by atoms with E-state index in [1.165, 1.54) is 5.56 Å². The highest BCUT2D eigenvalue weighted by molar-refractivity contribution is 6.04. The van der Waals surface area contributed by atoms with Crippen molar-refractivity contribution in [3.8, 4) is 5.75 Å². The number of nitrogens with zero attached hydrogens (tertiary/aromatic N) is 2. The first-order valence-corrected chi connectivity index (χ1v) is 10.8. The van der Waals surface area contributed by atoms with E-state index in [2.05, 4.69) is 26.9 Å². The molecule has 6 heteroatoms. The summed E-state index contributed by atoms with van der Waals surface area (Å²) in [6.07, 6.45) is 0.677. The van der Waals surface area contributed by atoms with Crippen LogP contribution in [0, 0.1) is 6.92 Å². The molecule has 3 rings (SSSR count). The van der Waals surface area contributed by atoms with Crippen LogP contribution in [0.25, 0.3) is 0 Å². The van der Waals surface area contributed by atoms with Gasteiger partial charge in [-0.3, -0.25) is 19.4 Å². The fourth-order valence-corrected chi connectivity index (χ4v) is 4.25. The fraction of sp³-hybridized carbons (Fsp3) is 0.500. The molecule has 1 N–H and O–H groups in total. The normalized spacial score (nSPS) is 15.3. The van der Waals surface area contributed by atoms with Crippen LogP contribution < -0.4 is 4.74 Å². The van der Waals surface area contributed by atoms with Crippen LogP contribution in [0.5, 0.6) is 5.75 Å². The number of hydrogen-bond donors (Lipinski definition) is 1. The molecule has 30 heavy (non-hydrogen) atoms. The molecule has 2 heterocycles. The van der Waals surface area contributed by atoms with Crippen molar-refractivity contribution in [3.05, 3.63) is 52.3 Å². The largest absolute Gasteiger partial charge is 0.494 e. The van der Waals surface area contributed by atoms with E-state index in [0.29, 0.717) is 30.8 Å². The Morgan fingerprint density at radius 2 is 1.67 bits per heavy atom. The van der Waals surface area contributed by atoms with Gasteiger partial charge in [-0.2, -0.15) is 0 Å². The number of Topliss-reactive ketones (excluding diaryl/α,β-unsaturated/α-hetero) is 2. The number of carbonyl (C=O) groups excluding carboxylic acids is 2. The third-order valence-corrected chi connectivity index (χ3v) is 5.75. The number of aromatic amines is 1. The predicted octanol–water partition coefficient (Wildman–Crippen LogP) is 3.49. The number of rotatable bonds is 9. The minimum atomic E-state index is 0.0163. The summed E-state index contributed by atoms with van der Waals surface area (Å²) in [6, 6.07) is 8.28. The van der Waals surface area contributed by atoms with E-state index in [1.807, 2.05) is 32.9 Å². The number of aryl methyl sites for hydroxylation is 1. The Balaban J connectivity index is 1.54. The van der Waals surface area contributed by atoms with Crippen molar-refractivity contribution in [2.75, 3.05) is 39.3 Å². The van der Waals surface area contributed by atoms with Crippen molar-refractivity contribution in [2.45, 2.75) is 40.7 Å². The monoisotopic (exact) mass is 411 g/mol. The van der Waals surface area contributed by atoms with Crippen LogP contribution in [0.2, 0.25) is 0 Å². The first-order valence-electron chi connectivity index (χ1n) is 10.8. The molecular formula is C24H33N3O3. The first kappa shape index (κ1) is 22.2. The summed E-state index contributed by atoms with van der Waals surface area (Å²) in [5, 5.41) is 0. The summed E-state index contributed by atoms with van der Waals surface area (Å²) in [6.45, 7) is 13.0. The number of ether oxygens (including phenoxy) is 1. The second kappa shape index (κ2) is 10.0. The van der Waals surface area contributed by atoms with Crippen LogP contribution in [0.15, 0.2) is 24.3 Å². The summed E-state index contributed by atoms with van der Waals surface area (Å²) in [5.74, 6) is 0.994. The molecule has 1 aliphatic heterocycles. The highest BCUT2D eigenvalue weighted by Crippen LogP contribution is 2.21. The molecule has 1 fully saturated rings. The lowest BCUT2D eigenvalue weighted by atomic mass is 10.0. The third kappa shape index (κ3) is 5.18. The number of carbonyl (C=O) groups is 2. The van der Waals surface area contributed by atoms with Gasteiger partial charge in [0.25, 0.3) is 0 Å². The second-order valence-electron chi connectivity index (χ2n) is 7.94. The van der Waals surface area contributed by atoms with Crippen LogP contribution in [0.3, 0.4) is 0 Å². The number of hydrogen-bond acceptors (Lipinski definition) is 5. The number of nitrogens with one attached hydrogen (secondary N) is 1. The van der Waals surface area contributed by atoms with Crippen molar-refractivity contribution < 1.29 is 14.3 Å². The molecule has 0 spiro atoms. The van der Waals surface area contributed by atoms with E-state index in [4.69, 9.17) is 4.74 Å². The van der Waals surface area contributed by atoms with Gasteiger partial charge in [0.15, 0.2) is 11.6 Å². The second-order valence-corrected chi connectivity index (χ2v) is 7.94. The van der Waals surface area contributed by atoms with Crippen LogP contribution in [-0.2, 0) is 13.0 Å². The van der Waals surface area contributed by atoms with Gasteiger partial charge in [0.2, 0.25) is 0 Å². The minimum Gasteiger partial charge on any atom is -0.494 e. The first-order chi connectivity index (χ1) is 14.4. The molecule has 0 radical (unpaired) electrons. The van der Waals surface area contributed by atoms with Crippen LogP contribution in [-0.4, -0.2) is 65.7 Å². The van der Waals surface area contributed by atoms with Gasteiger partial charge in [-0.05, 0) is 50.5 Å². The Bertz CT molecular complexity index is 878. The number of piperazine rings is 1. The van der Waals surface area contributed by atoms with Gasteiger partial charge in [-0.25, -0.2) is 0 Å². The lowest BCUT2D eigenvalue weighted by Gasteiger charge is -2.34. The van der Waals surface area contributed by atoms with E-state index in [0.717, 1.165) is 49.7 Å². The van der Waals surface area contributed by atoms with Gasteiger partial charge in [0.05, 0.1) is 18.8 Å². The summed E-state index contributed by atoms with van der Waals surface area (Å²) in [4.78, 5) is 32.7. The molecule has 0 unspecified atom stereocenters. The maximum atomic E-state index is 12.9. The Morgan fingerprint density at radius 3 is 2.23 bits per heavy atom. The van der Waals surface area contributed by atoms with Crippen molar-refractivity contribution >= 4 is 11.6 Å². The summed E-state index contributed by atoms with van der Waals surface area (Å²) in [7, 11) is 0. The van der Waals surface area contributed by atoms with Crippen molar-refractivity contribution in [1.82, 2.24) is 14.8 Å². The van der Waals surface area contributed by atoms with E-state index < -0.39 is 0 Å². The zero-order chi connectivity index (χ0) is 21.7. The Kier molecular flexibility index (Phi) is 7.45. The molecule has 2 aromatic rings. The van der Waals surface area contributed by atoms with Crippen LogP contribution >= 0.6 is 0 Å². The average molecular weight is 412 g/mol. The maximum Gasteiger partial charge on any atom is 0.193 e. The quantitative estimate of drug-likeness (QED) is 0.640. The molecule has 0 amide bonds. The van der Waals surface area contributed by atoms with Gasteiger partial charge >= 0.3 is 0 Å². The smallest absolute Gasteiger partial charge is 0.193 e. The molecule has 0 saturated carbocycles. The molecule has 0 aliphatic carbocycles. The van der Waals surface area contributed by atoms with Gasteiger partial charge in [0, 0.05) is 44.0 Å². The maximum absolute atomic E-state index is 12.9. The average Bonchev–Trinajstić information content (AvgIpc) is 3.08. The van der Waals surface area contributed by atoms with E-state index in [1.54, 1.807) is 6.92 Å². The highest BCUT2D eigenvalue weighted by Gasteiger charge is 2.24. The standard InChI is InChI=1S/C24H33N3O3/c1-5-21-23(18(4)28)17(3)25-24(21)22(29)16-27-13-11-26(12-14-27)15-19-7-9-20(10-8-19)30-6-2/h7-10,25H,5-6,11-16H2,1-4H3. The fourth-order valence-electron chi connectivity index (χ4n) is 4.25. The number of H-pyrrole nitrogens is 1. The molecule has 1 aromatic carbocycles. The lowest BCUT2D eigenvalue weighted by molar-refractivity contribution is 0.0839. The summed E-state index contributed by atoms with van der Waals surface area (Å²) in [5.41, 5.74) is 4.22. The van der Waals surface area contributed by atoms with E-state index >= 15 is 0 Å². The van der Waals surface area contributed by atoms with Crippen molar-refractivity contribution in [3.63, 3.8) is 0 Å². The number of aromatic nitrogens is 1. The zero-order valence-electron chi connectivity index (χ0n) is 18.6. The van der Waals surface area contributed by atoms with Crippen molar-refractivity contribution in [2.24, 2.45) is 0 Å². The van der Waals surface area contributed by atoms with Crippen molar-refractivity contribution in [1.29, 1.82) is 0 Å². The molecule has 162 valence electrons. The van der Waals surface area contributed by atoms with E-state index in [-0.39, 0.29) is 11.6 Å². The molecule has 1 saturated heterocycles. The third-order valence-electron chi connectivity index (χ3n) is 5.75. The Labute approximate surface area is 179 Å². The Morgan fingerprint density at radius 1 is 1.03 bits per heavy atom. The molecule has 6 nitrogen and oxygen atoms in total. The van der Waals surface area contributed by atoms with Gasteiger partial charge < -0.3 is 9.72 Å². The zero-order valence-corrected chi connectivity index (χ0v) is 18.6. The molecule has 1 aromatic heterocycles. The topological polar surface area (TPSA) is 65.6 Å². The summed E-state index contributed by atoms with van der Waals surface area (Å²) < 4.78 is 5.50. The van der Waals surface area contributed by atoms with Gasteiger partial charge in [-0.15, -0.1) is 0 Å².